The van der Waals surface area contributed by atoms with Crippen LogP contribution in [0.3, 0.4) is 0 Å². The number of rotatable bonds is 6. The summed E-state index contributed by atoms with van der Waals surface area (Å²) in [6.07, 6.45) is 33.5. The Hall–Kier alpha value is -2.81. The number of hydrogen-bond acceptors (Lipinski definition) is 0. The van der Waals surface area contributed by atoms with Crippen molar-refractivity contribution in [3.8, 4) is 0 Å². The zero-order chi connectivity index (χ0) is 55.7. The Balaban J connectivity index is 0.000000197. The van der Waals surface area contributed by atoms with Gasteiger partial charge in [-0.1, -0.05) is 229 Å². The Bertz CT molecular complexity index is 3040. The van der Waals surface area contributed by atoms with E-state index in [9.17, 15) is 0 Å². The van der Waals surface area contributed by atoms with E-state index in [2.05, 4.69) is 232 Å². The van der Waals surface area contributed by atoms with Gasteiger partial charge in [-0.15, -0.1) is 0 Å². The number of benzene rings is 4. The molecule has 8 aliphatic rings. The summed E-state index contributed by atoms with van der Waals surface area (Å²) in [5, 5.41) is 0. The first kappa shape index (κ1) is 70.0. The molecule has 4 aromatic rings. The fraction of sp³-hybridized carbons (Fsp3) is 0.487. The molecule has 0 aromatic heterocycles. The van der Waals surface area contributed by atoms with Gasteiger partial charge in [-0.3, -0.25) is 0 Å². The van der Waals surface area contributed by atoms with Crippen LogP contribution in [0, 0.1) is 126 Å². The van der Waals surface area contributed by atoms with Gasteiger partial charge in [-0.2, -0.15) is 0 Å². The Kier molecular flexibility index (Phi) is 26.2. The molecule has 0 heterocycles. The van der Waals surface area contributed by atoms with E-state index in [-0.39, 0.29) is 75.4 Å². The van der Waals surface area contributed by atoms with Gasteiger partial charge >= 0.3 is 75.4 Å². The van der Waals surface area contributed by atoms with Gasteiger partial charge in [-0.25, -0.2) is 0 Å². The van der Waals surface area contributed by atoms with Gasteiger partial charge in [0.15, 0.2) is 0 Å². The van der Waals surface area contributed by atoms with E-state index in [1.165, 1.54) is 153 Å². The second-order valence-corrected chi connectivity index (χ2v) is 27.4. The fourth-order valence-electron chi connectivity index (χ4n) is 16.4. The average Bonchev–Trinajstić information content (AvgIpc) is 4.31. The molecular formula is C78H100Li4+4. The second-order valence-electron chi connectivity index (χ2n) is 27.4. The largest absolute Gasteiger partial charge is 1.00 e. The molecule has 0 amide bonds. The van der Waals surface area contributed by atoms with Crippen LogP contribution in [0.25, 0.3) is 22.3 Å². The van der Waals surface area contributed by atoms with Crippen LogP contribution in [0.4, 0.5) is 0 Å². The molecule has 12 rings (SSSR count). The van der Waals surface area contributed by atoms with Crippen molar-refractivity contribution in [2.45, 2.75) is 175 Å². The second kappa shape index (κ2) is 30.7. The molecule has 0 N–H and O–H groups in total. The van der Waals surface area contributed by atoms with Gasteiger partial charge in [-0.05, 0) is 250 Å². The number of hydrogen-bond donors (Lipinski definition) is 0. The van der Waals surface area contributed by atoms with Crippen molar-refractivity contribution in [2.24, 2.45) is 71.0 Å². The van der Waals surface area contributed by atoms with Crippen LogP contribution in [-0.4, -0.2) is 0 Å². The molecule has 0 bridgehead atoms. The van der Waals surface area contributed by atoms with Gasteiger partial charge in [0.1, 0.15) is 0 Å². The fourth-order valence-corrected chi connectivity index (χ4v) is 16.4. The third kappa shape index (κ3) is 17.2. The van der Waals surface area contributed by atoms with Gasteiger partial charge in [0.25, 0.3) is 0 Å². The maximum absolute atomic E-state index is 2.53. The number of aryl methyl sites for hydroxylation is 8. The van der Waals surface area contributed by atoms with E-state index < -0.39 is 0 Å². The summed E-state index contributed by atoms with van der Waals surface area (Å²) in [6.45, 7) is 36.2. The summed E-state index contributed by atoms with van der Waals surface area (Å²) in [5.41, 5.74) is 29.1. The minimum atomic E-state index is 0. The van der Waals surface area contributed by atoms with Crippen LogP contribution in [0.2, 0.25) is 0 Å². The first-order valence-corrected chi connectivity index (χ1v) is 31.1. The van der Waals surface area contributed by atoms with Gasteiger partial charge in [0, 0.05) is 0 Å². The maximum Gasteiger partial charge on any atom is 1.00 e. The molecule has 0 saturated heterocycles. The van der Waals surface area contributed by atoms with Crippen molar-refractivity contribution in [2.75, 3.05) is 0 Å². The molecule has 8 aliphatic carbocycles. The van der Waals surface area contributed by atoms with Crippen LogP contribution >= 0.6 is 0 Å². The third-order valence-electron chi connectivity index (χ3n) is 19.6. The minimum absolute atomic E-state index is 0. The molecular weight excluding hydrogens is 965 g/mol. The zero-order valence-electron chi connectivity index (χ0n) is 55.5. The van der Waals surface area contributed by atoms with Gasteiger partial charge in [0.05, 0.1) is 0 Å². The van der Waals surface area contributed by atoms with Crippen LogP contribution in [0.1, 0.15) is 186 Å². The molecule has 11 atom stereocenters. The molecule has 0 aliphatic heterocycles. The summed E-state index contributed by atoms with van der Waals surface area (Å²) >= 11 is 0. The first-order valence-electron chi connectivity index (χ1n) is 31.1. The van der Waals surface area contributed by atoms with E-state index in [4.69, 9.17) is 0 Å². The summed E-state index contributed by atoms with van der Waals surface area (Å²) in [4.78, 5) is 0. The van der Waals surface area contributed by atoms with Gasteiger partial charge < -0.3 is 0 Å². The van der Waals surface area contributed by atoms with E-state index in [0.717, 1.165) is 71.0 Å². The molecule has 412 valence electrons. The molecule has 11 unspecified atom stereocenters. The predicted molar refractivity (Wildman–Crippen MR) is 341 cm³/mol. The van der Waals surface area contributed by atoms with Gasteiger partial charge in [0.2, 0.25) is 0 Å². The van der Waals surface area contributed by atoms with Crippen molar-refractivity contribution in [1.82, 2.24) is 0 Å². The molecule has 4 fully saturated rings. The van der Waals surface area contributed by atoms with E-state index >= 15 is 0 Å². The summed E-state index contributed by atoms with van der Waals surface area (Å²) in [7, 11) is 0. The average molecular weight is 1070 g/mol. The van der Waals surface area contributed by atoms with E-state index in [1.54, 1.807) is 22.3 Å². The standard InChI is InChI=1S/C21H28.C20H26.C19H24.C18H22.4Li/c1-13(2)17-11-19-9-16(5)10-20(21(19)12-17)18-7-14(3)6-15(4)8-18;1-5-16-11-18-9-15(4)10-19(20(18)12-16)17-7-13(2)6-14(3)8-17;1-12-5-13(2)7-16(6-12)18-10-14(3)8-17-9-15(4)11-19(17)18;1-12-7-13(2)10-16(9-12)18-11-14(3)8-15-5-4-6-17(15)18;;;;/h6-10,13,17,19,21H,11-12H2,1-5H3;6-10,16,18,20H,5,11-12H2,1-4H3;5-8,10,15,17,19H,9,11H2,1-4H3;7-11,15,17H,4-6H2,1-3H3;;;;/q;;;;4*+1. The Morgan fingerprint density at radius 1 is 0.354 bits per heavy atom. The predicted octanol–water partition coefficient (Wildman–Crippen LogP) is 10.0. The van der Waals surface area contributed by atoms with Crippen molar-refractivity contribution in [3.63, 3.8) is 0 Å². The van der Waals surface area contributed by atoms with Crippen LogP contribution in [-0.2, 0) is 0 Å². The van der Waals surface area contributed by atoms with Crippen LogP contribution in [0.5, 0.6) is 0 Å². The smallest absolute Gasteiger partial charge is 0.0779 e. The Morgan fingerprint density at radius 2 is 0.671 bits per heavy atom. The quantitative estimate of drug-likeness (QED) is 0.169. The minimum Gasteiger partial charge on any atom is -0.0779 e. The third-order valence-corrected chi connectivity index (χ3v) is 19.6. The van der Waals surface area contributed by atoms with Crippen molar-refractivity contribution in [3.05, 3.63) is 210 Å². The zero-order valence-corrected chi connectivity index (χ0v) is 55.5. The molecule has 4 aromatic carbocycles. The first-order chi connectivity index (χ1) is 37.2. The summed E-state index contributed by atoms with van der Waals surface area (Å²) in [5.74, 6) is 9.61. The Morgan fingerprint density at radius 3 is 1.04 bits per heavy atom. The molecule has 82 heavy (non-hydrogen) atoms. The van der Waals surface area contributed by atoms with Crippen molar-refractivity contribution in [1.29, 1.82) is 0 Å². The van der Waals surface area contributed by atoms with E-state index in [1.807, 2.05) is 0 Å². The maximum atomic E-state index is 2.53. The normalized spacial score (nSPS) is 27.1. The van der Waals surface area contributed by atoms with E-state index in [0.29, 0.717) is 0 Å². The summed E-state index contributed by atoms with van der Waals surface area (Å²) < 4.78 is 0. The molecule has 0 spiro atoms. The van der Waals surface area contributed by atoms with Crippen molar-refractivity contribution < 1.29 is 75.4 Å². The monoisotopic (exact) mass is 1060 g/mol. The van der Waals surface area contributed by atoms with Crippen LogP contribution in [0.15, 0.2) is 144 Å². The SMILES string of the molecule is CC1=CC2CC(C(C)C)CC2C(c2cc(C)cc(C)c2)=C1.CC1=CC2CC(C)CC2C(c2cc(C)cc(C)c2)=C1.CC1=CC2CCCC2C(c2cc(C)cc(C)c2)=C1.CCC1CC2C=C(C)C=C(c3cc(C)cc(C)c3)C2C1.[Li+].[Li+].[Li+].[Li+]. The molecule has 0 radical (unpaired) electrons. The number of allylic oxidation sites excluding steroid dienone is 16. The number of fused-ring (bicyclic) bond motifs is 4. The molecule has 4 heteroatoms. The molecule has 0 nitrogen and oxygen atoms in total. The topological polar surface area (TPSA) is 0 Å². The molecule has 4 saturated carbocycles. The van der Waals surface area contributed by atoms with Crippen molar-refractivity contribution >= 4 is 22.3 Å². The Labute approximate surface area is 549 Å². The summed E-state index contributed by atoms with van der Waals surface area (Å²) in [6, 6.07) is 28.0. The van der Waals surface area contributed by atoms with Crippen LogP contribution < -0.4 is 75.4 Å².